The van der Waals surface area contributed by atoms with Gasteiger partial charge in [-0.15, -0.1) is 22.0 Å². The van der Waals surface area contributed by atoms with Gasteiger partial charge < -0.3 is 5.32 Å². The van der Waals surface area contributed by atoms with E-state index in [0.717, 1.165) is 10.6 Å². The number of hydrogen-bond acceptors (Lipinski definition) is 4. The lowest BCUT2D eigenvalue weighted by molar-refractivity contribution is 1.03. The first-order valence-electron chi connectivity index (χ1n) is 4.79. The van der Waals surface area contributed by atoms with E-state index in [1.165, 1.54) is 0 Å². The number of benzene rings is 1. The van der Waals surface area contributed by atoms with E-state index in [1.54, 1.807) is 17.8 Å². The molecular formula is C11H9Cl2N3S. The van der Waals surface area contributed by atoms with E-state index in [9.17, 15) is 0 Å². The van der Waals surface area contributed by atoms with Crippen LogP contribution in [-0.2, 0) is 0 Å². The minimum absolute atomic E-state index is 0.297. The first kappa shape index (κ1) is 12.5. The molecule has 0 spiro atoms. The Hall–Kier alpha value is -0.970. The standard InChI is InChI=1S/C11H9Cl2N3S/c1-17-9-5-3-2-4-7(9)14-8-6-10(12)15-16-11(8)13/h2-6H,1H3,(H,14,15). The van der Waals surface area contributed by atoms with E-state index in [-0.39, 0.29) is 0 Å². The molecule has 0 aliphatic heterocycles. The molecule has 2 rings (SSSR count). The van der Waals surface area contributed by atoms with Crippen LogP contribution < -0.4 is 5.32 Å². The largest absolute Gasteiger partial charge is 0.352 e. The van der Waals surface area contributed by atoms with Gasteiger partial charge in [-0.2, -0.15) is 0 Å². The predicted octanol–water partition coefficient (Wildman–Crippen LogP) is 4.25. The fraction of sp³-hybridized carbons (Fsp3) is 0.0909. The Labute approximate surface area is 114 Å². The van der Waals surface area contributed by atoms with Crippen LogP contribution in [0.25, 0.3) is 0 Å². The molecule has 0 atom stereocenters. The molecule has 1 aromatic heterocycles. The molecule has 1 N–H and O–H groups in total. The molecule has 0 fully saturated rings. The van der Waals surface area contributed by atoms with E-state index in [2.05, 4.69) is 15.5 Å². The summed E-state index contributed by atoms with van der Waals surface area (Å²) in [5.41, 5.74) is 1.61. The summed E-state index contributed by atoms with van der Waals surface area (Å²) >= 11 is 13.4. The van der Waals surface area contributed by atoms with E-state index in [0.29, 0.717) is 16.0 Å². The van der Waals surface area contributed by atoms with Gasteiger partial charge in [-0.05, 0) is 18.4 Å². The average molecular weight is 286 g/mol. The summed E-state index contributed by atoms with van der Waals surface area (Å²) < 4.78 is 0. The second-order valence-electron chi connectivity index (χ2n) is 3.20. The van der Waals surface area contributed by atoms with Crippen LogP contribution in [0.4, 0.5) is 11.4 Å². The van der Waals surface area contributed by atoms with Crippen molar-refractivity contribution in [1.82, 2.24) is 10.2 Å². The minimum atomic E-state index is 0.297. The van der Waals surface area contributed by atoms with Crippen molar-refractivity contribution in [2.75, 3.05) is 11.6 Å². The highest BCUT2D eigenvalue weighted by Crippen LogP contribution is 2.30. The Bertz CT molecular complexity index is 534. The second-order valence-corrected chi connectivity index (χ2v) is 4.79. The summed E-state index contributed by atoms with van der Waals surface area (Å²) in [5, 5.41) is 11.2. The number of rotatable bonds is 3. The van der Waals surface area contributed by atoms with Crippen LogP contribution in [0, 0.1) is 0 Å². The van der Waals surface area contributed by atoms with Crippen molar-refractivity contribution in [1.29, 1.82) is 0 Å². The molecule has 0 aliphatic carbocycles. The van der Waals surface area contributed by atoms with Crippen molar-refractivity contribution in [2.45, 2.75) is 4.90 Å². The fourth-order valence-corrected chi connectivity index (χ4v) is 2.17. The summed E-state index contributed by atoms with van der Waals surface area (Å²) in [5.74, 6) is 0. The quantitative estimate of drug-likeness (QED) is 0.856. The lowest BCUT2D eigenvalue weighted by Gasteiger charge is -2.10. The Morgan fingerprint density at radius 3 is 2.65 bits per heavy atom. The number of anilines is 2. The molecule has 0 amide bonds. The molecule has 0 unspecified atom stereocenters. The molecule has 0 aliphatic rings. The van der Waals surface area contributed by atoms with Crippen LogP contribution in [0.15, 0.2) is 35.2 Å². The minimum Gasteiger partial charge on any atom is -0.352 e. The third kappa shape index (κ3) is 3.03. The Balaban J connectivity index is 2.34. The highest BCUT2D eigenvalue weighted by molar-refractivity contribution is 7.98. The Morgan fingerprint density at radius 2 is 1.88 bits per heavy atom. The van der Waals surface area contributed by atoms with Crippen LogP contribution in [0.1, 0.15) is 0 Å². The molecule has 0 saturated carbocycles. The molecular weight excluding hydrogens is 277 g/mol. The molecule has 0 radical (unpaired) electrons. The van der Waals surface area contributed by atoms with E-state index in [4.69, 9.17) is 23.2 Å². The van der Waals surface area contributed by atoms with E-state index < -0.39 is 0 Å². The molecule has 88 valence electrons. The van der Waals surface area contributed by atoms with Gasteiger partial charge in [-0.25, -0.2) is 0 Å². The van der Waals surface area contributed by atoms with Gasteiger partial charge in [-0.3, -0.25) is 0 Å². The lowest BCUT2D eigenvalue weighted by Crippen LogP contribution is -1.96. The van der Waals surface area contributed by atoms with Crippen molar-refractivity contribution in [3.63, 3.8) is 0 Å². The van der Waals surface area contributed by atoms with Gasteiger partial charge in [-0.1, -0.05) is 35.3 Å². The van der Waals surface area contributed by atoms with Gasteiger partial charge in [0.15, 0.2) is 10.3 Å². The zero-order chi connectivity index (χ0) is 12.3. The molecule has 3 nitrogen and oxygen atoms in total. The van der Waals surface area contributed by atoms with E-state index >= 15 is 0 Å². The monoisotopic (exact) mass is 285 g/mol. The number of nitrogens with zero attached hydrogens (tertiary/aromatic N) is 2. The Kier molecular flexibility index (Phi) is 4.10. The molecule has 1 aromatic carbocycles. The molecule has 17 heavy (non-hydrogen) atoms. The van der Waals surface area contributed by atoms with Gasteiger partial charge >= 0.3 is 0 Å². The summed E-state index contributed by atoms with van der Waals surface area (Å²) in [7, 11) is 0. The SMILES string of the molecule is CSc1ccccc1Nc1cc(Cl)nnc1Cl. The van der Waals surface area contributed by atoms with Crippen LogP contribution in [0.3, 0.4) is 0 Å². The average Bonchev–Trinajstić information content (AvgIpc) is 2.34. The third-order valence-corrected chi connectivity index (χ3v) is 3.36. The van der Waals surface area contributed by atoms with Crippen LogP contribution in [0.5, 0.6) is 0 Å². The predicted molar refractivity (Wildman–Crippen MR) is 73.6 cm³/mol. The van der Waals surface area contributed by atoms with Gasteiger partial charge in [0.1, 0.15) is 0 Å². The Morgan fingerprint density at radius 1 is 1.12 bits per heavy atom. The van der Waals surface area contributed by atoms with Crippen molar-refractivity contribution in [3.8, 4) is 0 Å². The van der Waals surface area contributed by atoms with Crippen molar-refractivity contribution >= 4 is 46.3 Å². The highest BCUT2D eigenvalue weighted by atomic mass is 35.5. The first-order chi connectivity index (χ1) is 8.20. The molecule has 0 saturated heterocycles. The van der Waals surface area contributed by atoms with Crippen molar-refractivity contribution in [3.05, 3.63) is 40.6 Å². The van der Waals surface area contributed by atoms with Crippen LogP contribution >= 0.6 is 35.0 Å². The summed E-state index contributed by atoms with van der Waals surface area (Å²) in [6, 6.07) is 9.57. The van der Waals surface area contributed by atoms with Gasteiger partial charge in [0.2, 0.25) is 0 Å². The number of thioether (sulfide) groups is 1. The van der Waals surface area contributed by atoms with Crippen LogP contribution in [-0.4, -0.2) is 16.5 Å². The molecule has 1 heterocycles. The topological polar surface area (TPSA) is 37.8 Å². The number of para-hydroxylation sites is 1. The highest BCUT2D eigenvalue weighted by Gasteiger charge is 2.06. The maximum Gasteiger partial charge on any atom is 0.175 e. The van der Waals surface area contributed by atoms with Crippen molar-refractivity contribution in [2.24, 2.45) is 0 Å². The van der Waals surface area contributed by atoms with Gasteiger partial charge in [0.25, 0.3) is 0 Å². The number of hydrogen-bond donors (Lipinski definition) is 1. The zero-order valence-electron chi connectivity index (χ0n) is 8.95. The smallest absolute Gasteiger partial charge is 0.175 e. The number of halogens is 2. The lowest BCUT2D eigenvalue weighted by atomic mass is 10.3. The van der Waals surface area contributed by atoms with Gasteiger partial charge in [0, 0.05) is 11.0 Å². The van der Waals surface area contributed by atoms with Gasteiger partial charge in [0.05, 0.1) is 11.4 Å². The molecule has 6 heteroatoms. The normalized spacial score (nSPS) is 10.3. The maximum absolute atomic E-state index is 5.94. The van der Waals surface area contributed by atoms with E-state index in [1.807, 2.05) is 30.5 Å². The second kappa shape index (κ2) is 5.58. The zero-order valence-corrected chi connectivity index (χ0v) is 11.3. The van der Waals surface area contributed by atoms with Crippen molar-refractivity contribution < 1.29 is 0 Å². The summed E-state index contributed by atoms with van der Waals surface area (Å²) in [4.78, 5) is 1.12. The maximum atomic E-state index is 5.94. The molecule has 0 bridgehead atoms. The summed E-state index contributed by atoms with van der Waals surface area (Å²) in [6.07, 6.45) is 2.01. The molecule has 2 aromatic rings. The van der Waals surface area contributed by atoms with Crippen LogP contribution in [0.2, 0.25) is 10.3 Å². The third-order valence-electron chi connectivity index (χ3n) is 2.10. The first-order valence-corrected chi connectivity index (χ1v) is 6.77. The fourth-order valence-electron chi connectivity index (χ4n) is 1.33. The number of nitrogens with one attached hydrogen (secondary N) is 1. The number of aromatic nitrogens is 2. The summed E-state index contributed by atoms with van der Waals surface area (Å²) in [6.45, 7) is 0.